The molecule has 3 rings (SSSR count). The highest BCUT2D eigenvalue weighted by Gasteiger charge is 2.23. The van der Waals surface area contributed by atoms with Crippen molar-refractivity contribution in [3.63, 3.8) is 0 Å². The molecule has 1 unspecified atom stereocenters. The summed E-state index contributed by atoms with van der Waals surface area (Å²) in [5.74, 6) is 0.686. The Hall–Kier alpha value is -2.05. The van der Waals surface area contributed by atoms with Crippen LogP contribution in [0.3, 0.4) is 0 Å². The molecule has 126 valence electrons. The summed E-state index contributed by atoms with van der Waals surface area (Å²) in [6.45, 7) is 1.56. The van der Waals surface area contributed by atoms with Gasteiger partial charge in [0, 0.05) is 47.3 Å². The van der Waals surface area contributed by atoms with Crippen molar-refractivity contribution in [1.29, 1.82) is 0 Å². The summed E-state index contributed by atoms with van der Waals surface area (Å²) in [5, 5.41) is 6.68. The summed E-state index contributed by atoms with van der Waals surface area (Å²) in [7, 11) is 0. The van der Waals surface area contributed by atoms with E-state index in [0.29, 0.717) is 28.2 Å². The summed E-state index contributed by atoms with van der Waals surface area (Å²) in [6.07, 6.45) is 5.31. The molecular weight excluding hydrogens is 349 g/mol. The molecule has 8 heteroatoms. The largest absolute Gasteiger partial charge is 0.339 e. The van der Waals surface area contributed by atoms with Gasteiger partial charge in [-0.2, -0.15) is 0 Å². The second-order valence-corrected chi connectivity index (χ2v) is 6.46. The fraction of sp³-hybridized carbons (Fsp3) is 0.312. The smallest absolute Gasteiger partial charge is 0.319 e. The highest BCUT2D eigenvalue weighted by atomic mass is 35.5. The first-order chi connectivity index (χ1) is 11.6. The van der Waals surface area contributed by atoms with E-state index in [9.17, 15) is 4.79 Å². The second kappa shape index (κ2) is 7.68. The molecule has 2 heterocycles. The molecule has 1 aliphatic rings. The fourth-order valence-electron chi connectivity index (χ4n) is 2.71. The molecule has 1 aliphatic heterocycles. The number of piperidine rings is 1. The summed E-state index contributed by atoms with van der Waals surface area (Å²) in [5.41, 5.74) is 0.559. The zero-order valence-electron chi connectivity index (χ0n) is 12.9. The standard InChI is InChI=1S/C16H17Cl2N5O/c17-11-7-12(18)9-14(8-11)22-16(24)21-13-3-1-6-23(10-13)15-19-4-2-5-20-15/h2,4-5,7-9,13H,1,3,6,10H2,(H2,21,22,24). The molecule has 0 saturated carbocycles. The third-order valence-electron chi connectivity index (χ3n) is 3.71. The lowest BCUT2D eigenvalue weighted by atomic mass is 10.1. The van der Waals surface area contributed by atoms with E-state index >= 15 is 0 Å². The molecule has 0 bridgehead atoms. The predicted octanol–water partition coefficient (Wildman–Crippen LogP) is 3.57. The number of rotatable bonds is 3. The molecule has 0 radical (unpaired) electrons. The topological polar surface area (TPSA) is 70.2 Å². The molecule has 1 fully saturated rings. The lowest BCUT2D eigenvalue weighted by Gasteiger charge is -2.33. The van der Waals surface area contributed by atoms with Crippen molar-refractivity contribution in [2.24, 2.45) is 0 Å². The van der Waals surface area contributed by atoms with E-state index in [1.807, 2.05) is 0 Å². The van der Waals surface area contributed by atoms with Crippen LogP contribution in [0.15, 0.2) is 36.7 Å². The minimum absolute atomic E-state index is 0.0252. The number of halogens is 2. The molecule has 0 spiro atoms. The first-order valence-electron chi connectivity index (χ1n) is 7.66. The number of anilines is 2. The van der Waals surface area contributed by atoms with E-state index in [0.717, 1.165) is 19.4 Å². The van der Waals surface area contributed by atoms with Crippen LogP contribution in [-0.4, -0.2) is 35.1 Å². The Labute approximate surface area is 150 Å². The summed E-state index contributed by atoms with van der Waals surface area (Å²) < 4.78 is 0. The van der Waals surface area contributed by atoms with Crippen molar-refractivity contribution in [3.05, 3.63) is 46.7 Å². The number of nitrogens with zero attached hydrogens (tertiary/aromatic N) is 3. The minimum atomic E-state index is -0.283. The van der Waals surface area contributed by atoms with Crippen molar-refractivity contribution < 1.29 is 4.79 Å². The summed E-state index contributed by atoms with van der Waals surface area (Å²) >= 11 is 11.9. The maximum Gasteiger partial charge on any atom is 0.319 e. The van der Waals surface area contributed by atoms with Gasteiger partial charge in [0.2, 0.25) is 5.95 Å². The Kier molecular flexibility index (Phi) is 5.37. The van der Waals surface area contributed by atoms with Crippen LogP contribution in [0.4, 0.5) is 16.4 Å². The molecule has 1 atom stereocenters. The first-order valence-corrected chi connectivity index (χ1v) is 8.41. The van der Waals surface area contributed by atoms with Gasteiger partial charge in [0.15, 0.2) is 0 Å². The number of aromatic nitrogens is 2. The molecular formula is C16H17Cl2N5O. The predicted molar refractivity (Wildman–Crippen MR) is 95.9 cm³/mol. The van der Waals surface area contributed by atoms with Gasteiger partial charge in [0.25, 0.3) is 0 Å². The van der Waals surface area contributed by atoms with Gasteiger partial charge < -0.3 is 15.5 Å². The lowest BCUT2D eigenvalue weighted by Crippen LogP contribution is -2.49. The first kappa shape index (κ1) is 16.8. The fourth-order valence-corrected chi connectivity index (χ4v) is 3.24. The van der Waals surface area contributed by atoms with Gasteiger partial charge in [-0.25, -0.2) is 14.8 Å². The van der Waals surface area contributed by atoms with Gasteiger partial charge in [0.1, 0.15) is 0 Å². The number of carbonyl (C=O) groups excluding carboxylic acids is 1. The molecule has 0 aliphatic carbocycles. The molecule has 24 heavy (non-hydrogen) atoms. The highest BCUT2D eigenvalue weighted by Crippen LogP contribution is 2.22. The molecule has 2 N–H and O–H groups in total. The van der Waals surface area contributed by atoms with E-state index in [1.165, 1.54) is 0 Å². The SMILES string of the molecule is O=C(Nc1cc(Cl)cc(Cl)c1)NC1CCCN(c2ncccn2)C1. The molecule has 1 aromatic heterocycles. The summed E-state index contributed by atoms with van der Waals surface area (Å²) in [6, 6.07) is 6.44. The Bertz CT molecular complexity index is 693. The summed E-state index contributed by atoms with van der Waals surface area (Å²) in [4.78, 5) is 22.8. The van der Waals surface area contributed by atoms with E-state index in [2.05, 4.69) is 25.5 Å². The number of benzene rings is 1. The van der Waals surface area contributed by atoms with E-state index in [4.69, 9.17) is 23.2 Å². The van der Waals surface area contributed by atoms with Crippen molar-refractivity contribution in [1.82, 2.24) is 15.3 Å². The van der Waals surface area contributed by atoms with E-state index in [1.54, 1.807) is 36.7 Å². The van der Waals surface area contributed by atoms with Gasteiger partial charge >= 0.3 is 6.03 Å². The van der Waals surface area contributed by atoms with Crippen LogP contribution in [-0.2, 0) is 0 Å². The second-order valence-electron chi connectivity index (χ2n) is 5.59. The van der Waals surface area contributed by atoms with Crippen LogP contribution in [0.25, 0.3) is 0 Å². The van der Waals surface area contributed by atoms with Crippen LogP contribution in [0.2, 0.25) is 10.0 Å². The third kappa shape index (κ3) is 4.49. The van der Waals surface area contributed by atoms with Gasteiger partial charge in [-0.1, -0.05) is 23.2 Å². The van der Waals surface area contributed by atoms with Gasteiger partial charge in [-0.3, -0.25) is 0 Å². The molecule has 6 nitrogen and oxygen atoms in total. The normalized spacial score (nSPS) is 17.4. The quantitative estimate of drug-likeness (QED) is 0.871. The average Bonchev–Trinajstić information content (AvgIpc) is 2.55. The van der Waals surface area contributed by atoms with Gasteiger partial charge in [-0.05, 0) is 37.1 Å². The van der Waals surface area contributed by atoms with Gasteiger partial charge in [-0.15, -0.1) is 0 Å². The van der Waals surface area contributed by atoms with E-state index < -0.39 is 0 Å². The van der Waals surface area contributed by atoms with Crippen molar-refractivity contribution in [2.45, 2.75) is 18.9 Å². The van der Waals surface area contributed by atoms with Crippen LogP contribution in [0, 0.1) is 0 Å². The molecule has 2 amide bonds. The Morgan fingerprint density at radius 2 is 1.88 bits per heavy atom. The van der Waals surface area contributed by atoms with Gasteiger partial charge in [0.05, 0.1) is 0 Å². The average molecular weight is 366 g/mol. The number of urea groups is 1. The minimum Gasteiger partial charge on any atom is -0.339 e. The van der Waals surface area contributed by atoms with Crippen LogP contribution >= 0.6 is 23.2 Å². The highest BCUT2D eigenvalue weighted by molar-refractivity contribution is 6.35. The number of hydrogen-bond acceptors (Lipinski definition) is 4. The zero-order valence-corrected chi connectivity index (χ0v) is 14.4. The maximum absolute atomic E-state index is 12.2. The molecule has 1 saturated heterocycles. The Morgan fingerprint density at radius 3 is 2.58 bits per heavy atom. The number of amides is 2. The lowest BCUT2D eigenvalue weighted by molar-refractivity contribution is 0.246. The van der Waals surface area contributed by atoms with Crippen LogP contribution < -0.4 is 15.5 Å². The Balaban J connectivity index is 1.58. The van der Waals surface area contributed by atoms with Crippen molar-refractivity contribution in [3.8, 4) is 0 Å². The number of carbonyl (C=O) groups is 1. The maximum atomic E-state index is 12.2. The number of nitrogens with one attached hydrogen (secondary N) is 2. The van der Waals surface area contributed by atoms with Crippen molar-refractivity contribution >= 4 is 40.9 Å². The number of hydrogen-bond donors (Lipinski definition) is 2. The monoisotopic (exact) mass is 365 g/mol. The van der Waals surface area contributed by atoms with Crippen molar-refractivity contribution in [2.75, 3.05) is 23.3 Å². The van der Waals surface area contributed by atoms with Crippen LogP contribution in [0.1, 0.15) is 12.8 Å². The van der Waals surface area contributed by atoms with Crippen LogP contribution in [0.5, 0.6) is 0 Å². The molecule has 1 aromatic carbocycles. The van der Waals surface area contributed by atoms with E-state index in [-0.39, 0.29) is 12.1 Å². The third-order valence-corrected chi connectivity index (χ3v) is 4.15. The molecule has 2 aromatic rings. The zero-order chi connectivity index (χ0) is 16.9. The Morgan fingerprint density at radius 1 is 1.17 bits per heavy atom.